The van der Waals surface area contributed by atoms with Gasteiger partial charge in [-0.15, -0.1) is 0 Å². The average molecular weight is 280 g/mol. The molecule has 6 heteroatoms. The van der Waals surface area contributed by atoms with Crippen LogP contribution in [0.25, 0.3) is 0 Å². The molecule has 6 nitrogen and oxygen atoms in total. The van der Waals surface area contributed by atoms with Gasteiger partial charge in [0.05, 0.1) is 10.8 Å². The van der Waals surface area contributed by atoms with Gasteiger partial charge in [-0.25, -0.2) is 0 Å². The quantitative estimate of drug-likeness (QED) is 0.583. The lowest BCUT2D eigenvalue weighted by Crippen LogP contribution is -2.33. The first kappa shape index (κ1) is 16.1. The van der Waals surface area contributed by atoms with Gasteiger partial charge in [0.1, 0.15) is 0 Å². The van der Waals surface area contributed by atoms with Crippen LogP contribution in [-0.4, -0.2) is 40.5 Å². The number of carbonyl (C=O) groups is 1. The van der Waals surface area contributed by atoms with E-state index in [4.69, 9.17) is 5.11 Å². The second-order valence-corrected chi connectivity index (χ2v) is 4.81. The minimum Gasteiger partial charge on any atom is -0.481 e. The van der Waals surface area contributed by atoms with E-state index in [9.17, 15) is 14.9 Å². The molecule has 1 atom stereocenters. The third-order valence-corrected chi connectivity index (χ3v) is 3.26. The van der Waals surface area contributed by atoms with E-state index in [2.05, 4.69) is 4.90 Å². The summed E-state index contributed by atoms with van der Waals surface area (Å²) >= 11 is 0. The van der Waals surface area contributed by atoms with Crippen molar-refractivity contribution in [1.82, 2.24) is 4.90 Å². The summed E-state index contributed by atoms with van der Waals surface area (Å²) in [5, 5.41) is 19.5. The van der Waals surface area contributed by atoms with E-state index in [0.29, 0.717) is 6.54 Å². The highest BCUT2D eigenvalue weighted by Crippen LogP contribution is 2.12. The van der Waals surface area contributed by atoms with Crippen LogP contribution in [0.4, 0.5) is 5.69 Å². The summed E-state index contributed by atoms with van der Waals surface area (Å²) in [7, 11) is 0. The Morgan fingerprint density at radius 1 is 1.40 bits per heavy atom. The van der Waals surface area contributed by atoms with Crippen molar-refractivity contribution < 1.29 is 14.8 Å². The number of hydrogen-bond donors (Lipinski definition) is 1. The maximum Gasteiger partial charge on any atom is 0.307 e. The summed E-state index contributed by atoms with van der Waals surface area (Å²) in [6, 6.07) is 6.47. The lowest BCUT2D eigenvalue weighted by Gasteiger charge is -2.22. The molecular formula is C14H20N2O4. The van der Waals surface area contributed by atoms with Crippen LogP contribution < -0.4 is 0 Å². The Kier molecular flexibility index (Phi) is 6.11. The molecule has 1 aromatic rings. The van der Waals surface area contributed by atoms with Crippen LogP contribution in [0.2, 0.25) is 0 Å². The Morgan fingerprint density at radius 3 is 2.45 bits per heavy atom. The van der Waals surface area contributed by atoms with E-state index in [1.165, 1.54) is 12.1 Å². The van der Waals surface area contributed by atoms with Gasteiger partial charge in [-0.1, -0.05) is 26.0 Å². The van der Waals surface area contributed by atoms with E-state index in [-0.39, 0.29) is 5.69 Å². The van der Waals surface area contributed by atoms with Crippen molar-refractivity contribution in [3.8, 4) is 0 Å². The van der Waals surface area contributed by atoms with Crippen molar-refractivity contribution in [1.29, 1.82) is 0 Å². The monoisotopic (exact) mass is 280 g/mol. The third-order valence-electron chi connectivity index (χ3n) is 3.26. The van der Waals surface area contributed by atoms with E-state index in [1.54, 1.807) is 19.1 Å². The van der Waals surface area contributed by atoms with Crippen molar-refractivity contribution in [3.63, 3.8) is 0 Å². The summed E-state index contributed by atoms with van der Waals surface area (Å²) in [5.41, 5.74) is 1.10. The fraction of sp³-hybridized carbons (Fsp3) is 0.500. The van der Waals surface area contributed by atoms with E-state index in [0.717, 1.165) is 25.1 Å². The molecule has 0 aromatic heterocycles. The number of benzene rings is 1. The van der Waals surface area contributed by atoms with Crippen molar-refractivity contribution in [2.75, 3.05) is 19.6 Å². The molecule has 0 saturated heterocycles. The topological polar surface area (TPSA) is 83.7 Å². The Labute approximate surface area is 118 Å². The molecule has 0 aliphatic rings. The number of carboxylic acids is 1. The summed E-state index contributed by atoms with van der Waals surface area (Å²) in [6.07, 6.45) is 0.748. The van der Waals surface area contributed by atoms with Crippen molar-refractivity contribution >= 4 is 11.7 Å². The highest BCUT2D eigenvalue weighted by molar-refractivity contribution is 5.69. The summed E-state index contributed by atoms with van der Waals surface area (Å²) in [6.45, 7) is 5.72. The Hall–Kier alpha value is -1.95. The second kappa shape index (κ2) is 7.59. The number of nitrogens with zero attached hydrogens (tertiary/aromatic N) is 2. The lowest BCUT2D eigenvalue weighted by atomic mass is 10.1. The molecule has 1 aromatic carbocycles. The molecule has 0 bridgehead atoms. The van der Waals surface area contributed by atoms with Gasteiger partial charge in [0, 0.05) is 25.2 Å². The molecule has 0 amide bonds. The molecule has 0 fully saturated rings. The van der Waals surface area contributed by atoms with E-state index in [1.807, 2.05) is 6.92 Å². The number of non-ortho nitro benzene ring substituents is 1. The molecule has 0 aliphatic heterocycles. The molecule has 1 N–H and O–H groups in total. The molecule has 0 heterocycles. The van der Waals surface area contributed by atoms with Crippen LogP contribution in [0.5, 0.6) is 0 Å². The first-order chi connectivity index (χ1) is 9.43. The first-order valence-electron chi connectivity index (χ1n) is 6.62. The molecule has 0 aliphatic carbocycles. The smallest absolute Gasteiger partial charge is 0.307 e. The lowest BCUT2D eigenvalue weighted by molar-refractivity contribution is -0.384. The van der Waals surface area contributed by atoms with Crippen LogP contribution in [0.1, 0.15) is 19.4 Å². The normalized spacial score (nSPS) is 12.3. The number of likely N-dealkylation sites (N-methyl/N-ethyl adjacent to an activating group) is 1. The first-order valence-corrected chi connectivity index (χ1v) is 6.62. The maximum atomic E-state index is 10.8. The minimum absolute atomic E-state index is 0.0839. The fourth-order valence-corrected chi connectivity index (χ4v) is 1.92. The second-order valence-electron chi connectivity index (χ2n) is 4.81. The van der Waals surface area contributed by atoms with E-state index < -0.39 is 16.8 Å². The zero-order chi connectivity index (χ0) is 15.1. The van der Waals surface area contributed by atoms with Gasteiger partial charge in [-0.2, -0.15) is 0 Å². The largest absolute Gasteiger partial charge is 0.481 e. The predicted octanol–water partition coefficient (Wildman–Crippen LogP) is 2.18. The summed E-state index contributed by atoms with van der Waals surface area (Å²) in [4.78, 5) is 23.0. The van der Waals surface area contributed by atoms with Crippen molar-refractivity contribution in [2.24, 2.45) is 5.92 Å². The Balaban J connectivity index is 2.51. The van der Waals surface area contributed by atoms with Crippen LogP contribution in [0.3, 0.4) is 0 Å². The minimum atomic E-state index is -0.793. The predicted molar refractivity (Wildman–Crippen MR) is 75.7 cm³/mol. The zero-order valence-electron chi connectivity index (χ0n) is 11.8. The Morgan fingerprint density at radius 2 is 2.00 bits per heavy atom. The highest BCUT2D eigenvalue weighted by atomic mass is 16.6. The molecule has 0 spiro atoms. The average Bonchev–Trinajstić information content (AvgIpc) is 2.43. The number of hydrogen-bond acceptors (Lipinski definition) is 4. The van der Waals surface area contributed by atoms with Crippen LogP contribution in [0, 0.1) is 16.0 Å². The third kappa shape index (κ3) is 4.97. The summed E-state index contributed by atoms with van der Waals surface area (Å²) in [5.74, 6) is -1.19. The number of nitro groups is 1. The molecule has 110 valence electrons. The van der Waals surface area contributed by atoms with Gasteiger partial charge in [-0.05, 0) is 18.5 Å². The van der Waals surface area contributed by atoms with Gasteiger partial charge in [0.2, 0.25) is 0 Å². The molecule has 1 rings (SSSR count). The van der Waals surface area contributed by atoms with Crippen LogP contribution >= 0.6 is 0 Å². The van der Waals surface area contributed by atoms with Gasteiger partial charge in [-0.3, -0.25) is 14.9 Å². The SMILES string of the molecule is CCN(CCc1ccc([N+](=O)[O-])cc1)CC(C)C(=O)O. The zero-order valence-corrected chi connectivity index (χ0v) is 11.8. The number of carboxylic acid groups (broad SMARTS) is 1. The molecular weight excluding hydrogens is 260 g/mol. The maximum absolute atomic E-state index is 10.8. The number of aliphatic carboxylic acids is 1. The fourth-order valence-electron chi connectivity index (χ4n) is 1.92. The molecule has 1 unspecified atom stereocenters. The molecule has 0 saturated carbocycles. The van der Waals surface area contributed by atoms with Gasteiger partial charge in [0.25, 0.3) is 5.69 Å². The molecule has 20 heavy (non-hydrogen) atoms. The molecule has 0 radical (unpaired) electrons. The summed E-state index contributed by atoms with van der Waals surface area (Å²) < 4.78 is 0. The van der Waals surface area contributed by atoms with Crippen LogP contribution in [0.15, 0.2) is 24.3 Å². The standard InChI is InChI=1S/C14H20N2O4/c1-3-15(10-11(2)14(17)18)9-8-12-4-6-13(7-5-12)16(19)20/h4-7,11H,3,8-10H2,1-2H3,(H,17,18). The number of nitro benzene ring substituents is 1. The van der Waals surface area contributed by atoms with Gasteiger partial charge >= 0.3 is 5.97 Å². The van der Waals surface area contributed by atoms with Gasteiger partial charge in [0.15, 0.2) is 0 Å². The number of rotatable bonds is 8. The Bertz CT molecular complexity index is 459. The van der Waals surface area contributed by atoms with Gasteiger partial charge < -0.3 is 10.0 Å². The van der Waals surface area contributed by atoms with Crippen LogP contribution in [-0.2, 0) is 11.2 Å². The van der Waals surface area contributed by atoms with Crippen molar-refractivity contribution in [2.45, 2.75) is 20.3 Å². The van der Waals surface area contributed by atoms with E-state index >= 15 is 0 Å². The van der Waals surface area contributed by atoms with Crippen molar-refractivity contribution in [3.05, 3.63) is 39.9 Å². The highest BCUT2D eigenvalue weighted by Gasteiger charge is 2.15.